The SMILES string of the molecule is CCc1cc(Br)c2c(c1)OCO2. The van der Waals surface area contributed by atoms with E-state index >= 15 is 0 Å². The average molecular weight is 229 g/mol. The zero-order valence-corrected chi connectivity index (χ0v) is 8.35. The number of rotatable bonds is 1. The van der Waals surface area contributed by atoms with Gasteiger partial charge in [-0.15, -0.1) is 0 Å². The monoisotopic (exact) mass is 228 g/mol. The fraction of sp³-hybridized carbons (Fsp3) is 0.333. The molecular weight excluding hydrogens is 220 g/mol. The highest BCUT2D eigenvalue weighted by Gasteiger charge is 2.16. The van der Waals surface area contributed by atoms with Gasteiger partial charge in [-0.3, -0.25) is 0 Å². The van der Waals surface area contributed by atoms with Crippen LogP contribution in [-0.4, -0.2) is 6.79 Å². The van der Waals surface area contributed by atoms with Crippen molar-refractivity contribution in [2.45, 2.75) is 13.3 Å². The van der Waals surface area contributed by atoms with Crippen molar-refractivity contribution in [2.75, 3.05) is 6.79 Å². The van der Waals surface area contributed by atoms with E-state index in [2.05, 4.69) is 28.9 Å². The van der Waals surface area contributed by atoms with Crippen LogP contribution < -0.4 is 9.47 Å². The van der Waals surface area contributed by atoms with Gasteiger partial charge in [0.2, 0.25) is 6.79 Å². The maximum atomic E-state index is 5.27. The maximum Gasteiger partial charge on any atom is 0.231 e. The van der Waals surface area contributed by atoms with Gasteiger partial charge < -0.3 is 9.47 Å². The summed E-state index contributed by atoms with van der Waals surface area (Å²) in [5.74, 6) is 1.67. The molecule has 0 aromatic heterocycles. The summed E-state index contributed by atoms with van der Waals surface area (Å²) < 4.78 is 11.5. The highest BCUT2D eigenvalue weighted by atomic mass is 79.9. The molecule has 0 radical (unpaired) electrons. The molecule has 0 saturated heterocycles. The second-order valence-electron chi connectivity index (χ2n) is 2.66. The van der Waals surface area contributed by atoms with Gasteiger partial charge in [0, 0.05) is 0 Å². The third-order valence-corrected chi connectivity index (χ3v) is 2.48. The van der Waals surface area contributed by atoms with E-state index in [0.717, 1.165) is 22.4 Å². The molecule has 12 heavy (non-hydrogen) atoms. The summed E-state index contributed by atoms with van der Waals surface area (Å²) in [5.41, 5.74) is 1.26. The lowest BCUT2D eigenvalue weighted by atomic mass is 10.1. The molecule has 0 saturated carbocycles. The molecule has 0 N–H and O–H groups in total. The van der Waals surface area contributed by atoms with Crippen molar-refractivity contribution in [1.29, 1.82) is 0 Å². The number of hydrogen-bond donors (Lipinski definition) is 0. The molecule has 0 spiro atoms. The molecule has 64 valence electrons. The minimum atomic E-state index is 0.334. The fourth-order valence-corrected chi connectivity index (χ4v) is 1.83. The minimum absolute atomic E-state index is 0.334. The zero-order valence-electron chi connectivity index (χ0n) is 6.76. The van der Waals surface area contributed by atoms with Gasteiger partial charge in [-0.05, 0) is 40.0 Å². The van der Waals surface area contributed by atoms with Gasteiger partial charge in [0.25, 0.3) is 0 Å². The number of aryl methyl sites for hydroxylation is 1. The molecule has 0 bridgehead atoms. The Morgan fingerprint density at radius 1 is 1.42 bits per heavy atom. The van der Waals surface area contributed by atoms with Gasteiger partial charge in [-0.25, -0.2) is 0 Å². The molecule has 0 amide bonds. The third kappa shape index (κ3) is 1.18. The van der Waals surface area contributed by atoms with Gasteiger partial charge >= 0.3 is 0 Å². The second kappa shape index (κ2) is 2.98. The van der Waals surface area contributed by atoms with Gasteiger partial charge in [0.05, 0.1) is 4.47 Å². The lowest BCUT2D eigenvalue weighted by molar-refractivity contribution is 0.173. The Hall–Kier alpha value is -0.700. The minimum Gasteiger partial charge on any atom is -0.454 e. The van der Waals surface area contributed by atoms with Crippen LogP contribution in [-0.2, 0) is 6.42 Å². The van der Waals surface area contributed by atoms with E-state index in [0.29, 0.717) is 6.79 Å². The normalized spacial score (nSPS) is 13.5. The molecule has 1 aromatic rings. The van der Waals surface area contributed by atoms with Crippen molar-refractivity contribution in [3.05, 3.63) is 22.2 Å². The van der Waals surface area contributed by atoms with Gasteiger partial charge in [-0.2, -0.15) is 0 Å². The summed E-state index contributed by atoms with van der Waals surface area (Å²) >= 11 is 3.43. The molecule has 0 aliphatic carbocycles. The predicted molar refractivity (Wildman–Crippen MR) is 49.6 cm³/mol. The van der Waals surface area contributed by atoms with Crippen molar-refractivity contribution in [2.24, 2.45) is 0 Å². The van der Waals surface area contributed by atoms with Crippen LogP contribution in [0, 0.1) is 0 Å². The lowest BCUT2D eigenvalue weighted by Crippen LogP contribution is -1.93. The fourth-order valence-electron chi connectivity index (χ4n) is 1.22. The van der Waals surface area contributed by atoms with Crippen LogP contribution in [0.1, 0.15) is 12.5 Å². The number of benzene rings is 1. The van der Waals surface area contributed by atoms with Crippen LogP contribution >= 0.6 is 15.9 Å². The largest absolute Gasteiger partial charge is 0.454 e. The number of fused-ring (bicyclic) bond motifs is 1. The molecule has 0 atom stereocenters. The molecule has 1 aliphatic heterocycles. The summed E-state index contributed by atoms with van der Waals surface area (Å²) in [6.45, 7) is 2.45. The first-order valence-electron chi connectivity index (χ1n) is 3.89. The number of halogens is 1. The van der Waals surface area contributed by atoms with Crippen LogP contribution in [0.25, 0.3) is 0 Å². The third-order valence-electron chi connectivity index (χ3n) is 1.90. The number of hydrogen-bond acceptors (Lipinski definition) is 2. The first-order chi connectivity index (χ1) is 5.81. The summed E-state index contributed by atoms with van der Waals surface area (Å²) in [6.07, 6.45) is 1.01. The first-order valence-corrected chi connectivity index (χ1v) is 4.68. The van der Waals surface area contributed by atoms with E-state index in [9.17, 15) is 0 Å². The molecule has 2 rings (SSSR count). The molecule has 1 aromatic carbocycles. The molecular formula is C9H9BrO2. The van der Waals surface area contributed by atoms with Crippen LogP contribution in [0.3, 0.4) is 0 Å². The Labute approximate surface area is 79.6 Å². The van der Waals surface area contributed by atoms with E-state index in [1.54, 1.807) is 0 Å². The second-order valence-corrected chi connectivity index (χ2v) is 3.52. The Morgan fingerprint density at radius 2 is 2.25 bits per heavy atom. The Bertz CT molecular complexity index is 310. The summed E-state index contributed by atoms with van der Waals surface area (Å²) in [6, 6.07) is 4.08. The average Bonchev–Trinajstić information content (AvgIpc) is 2.52. The van der Waals surface area contributed by atoms with E-state index in [1.807, 2.05) is 6.07 Å². The lowest BCUT2D eigenvalue weighted by Gasteiger charge is -2.01. The van der Waals surface area contributed by atoms with Crippen LogP contribution in [0.5, 0.6) is 11.5 Å². The summed E-state index contributed by atoms with van der Waals surface area (Å²) in [7, 11) is 0. The Morgan fingerprint density at radius 3 is 3.00 bits per heavy atom. The van der Waals surface area contributed by atoms with Crippen LogP contribution in [0.4, 0.5) is 0 Å². The van der Waals surface area contributed by atoms with E-state index in [1.165, 1.54) is 5.56 Å². The first kappa shape index (κ1) is 7.92. The quantitative estimate of drug-likeness (QED) is 0.737. The molecule has 0 fully saturated rings. The molecule has 1 aliphatic rings. The zero-order chi connectivity index (χ0) is 8.55. The van der Waals surface area contributed by atoms with Gasteiger partial charge in [0.1, 0.15) is 0 Å². The maximum absolute atomic E-state index is 5.27. The predicted octanol–water partition coefficient (Wildman–Crippen LogP) is 2.74. The van der Waals surface area contributed by atoms with Gasteiger partial charge in [-0.1, -0.05) is 6.92 Å². The van der Waals surface area contributed by atoms with E-state index in [-0.39, 0.29) is 0 Å². The van der Waals surface area contributed by atoms with Crippen LogP contribution in [0.15, 0.2) is 16.6 Å². The molecule has 2 nitrogen and oxygen atoms in total. The molecule has 3 heteroatoms. The van der Waals surface area contributed by atoms with E-state index in [4.69, 9.17) is 9.47 Å². The smallest absolute Gasteiger partial charge is 0.231 e. The number of ether oxygens (including phenoxy) is 2. The highest BCUT2D eigenvalue weighted by molar-refractivity contribution is 9.10. The van der Waals surface area contributed by atoms with Gasteiger partial charge in [0.15, 0.2) is 11.5 Å². The summed E-state index contributed by atoms with van der Waals surface area (Å²) in [5, 5.41) is 0. The van der Waals surface area contributed by atoms with Crippen molar-refractivity contribution < 1.29 is 9.47 Å². The molecule has 0 unspecified atom stereocenters. The van der Waals surface area contributed by atoms with Crippen molar-refractivity contribution in [1.82, 2.24) is 0 Å². The Kier molecular flexibility index (Phi) is 1.97. The highest BCUT2D eigenvalue weighted by Crippen LogP contribution is 2.39. The van der Waals surface area contributed by atoms with E-state index < -0.39 is 0 Å². The molecule has 1 heterocycles. The van der Waals surface area contributed by atoms with Crippen molar-refractivity contribution in [3.63, 3.8) is 0 Å². The topological polar surface area (TPSA) is 18.5 Å². The standard InChI is InChI=1S/C9H9BrO2/c1-2-6-3-7(10)9-8(4-6)11-5-12-9/h3-4H,2,5H2,1H3. The van der Waals surface area contributed by atoms with Crippen molar-refractivity contribution >= 4 is 15.9 Å². The van der Waals surface area contributed by atoms with Crippen LogP contribution in [0.2, 0.25) is 0 Å². The van der Waals surface area contributed by atoms with Crippen molar-refractivity contribution in [3.8, 4) is 11.5 Å². The summed E-state index contributed by atoms with van der Waals surface area (Å²) in [4.78, 5) is 0. The Balaban J connectivity index is 2.51.